The van der Waals surface area contributed by atoms with Crippen molar-refractivity contribution in [1.82, 2.24) is 5.43 Å². The fourth-order valence-corrected chi connectivity index (χ4v) is 1.31. The Balaban J connectivity index is 3.21. The number of carbonyl (C=O) groups excluding carboxylic acids is 1. The quantitative estimate of drug-likeness (QED) is 0.358. The molecule has 0 saturated heterocycles. The van der Waals surface area contributed by atoms with Gasteiger partial charge in [0.2, 0.25) is 0 Å². The molecule has 0 fully saturated rings. The zero-order chi connectivity index (χ0) is 10.7. The lowest BCUT2D eigenvalue weighted by Gasteiger charge is -2.01. The first-order chi connectivity index (χ1) is 6.56. The van der Waals surface area contributed by atoms with Gasteiger partial charge in [-0.25, -0.2) is 5.84 Å². The van der Waals surface area contributed by atoms with E-state index in [4.69, 9.17) is 5.84 Å². The molecular weight excluding hydrogens is 254 g/mol. The van der Waals surface area contributed by atoms with E-state index in [-0.39, 0.29) is 11.3 Å². The zero-order valence-electron chi connectivity index (χ0n) is 6.86. The summed E-state index contributed by atoms with van der Waals surface area (Å²) in [5, 5.41) is 10.4. The maximum Gasteiger partial charge on any atom is 0.270 e. The van der Waals surface area contributed by atoms with Gasteiger partial charge < -0.3 is 0 Å². The van der Waals surface area contributed by atoms with Crippen molar-refractivity contribution in [1.29, 1.82) is 0 Å². The van der Waals surface area contributed by atoms with Crippen molar-refractivity contribution >= 4 is 27.5 Å². The zero-order valence-corrected chi connectivity index (χ0v) is 8.45. The van der Waals surface area contributed by atoms with E-state index < -0.39 is 10.8 Å². The number of non-ortho nitro benzene ring substituents is 1. The van der Waals surface area contributed by atoms with Crippen LogP contribution in [0.3, 0.4) is 0 Å². The second kappa shape index (κ2) is 4.16. The van der Waals surface area contributed by atoms with Crippen LogP contribution in [0.2, 0.25) is 0 Å². The van der Waals surface area contributed by atoms with Crippen LogP contribution in [0.5, 0.6) is 0 Å². The molecule has 0 aliphatic carbocycles. The van der Waals surface area contributed by atoms with Crippen molar-refractivity contribution in [2.45, 2.75) is 0 Å². The fraction of sp³-hybridized carbons (Fsp3) is 0. The third-order valence-corrected chi connectivity index (χ3v) is 2.23. The minimum absolute atomic E-state index is 0.127. The molecule has 0 atom stereocenters. The van der Waals surface area contributed by atoms with Crippen LogP contribution in [0.15, 0.2) is 22.7 Å². The highest BCUT2D eigenvalue weighted by Crippen LogP contribution is 2.22. The van der Waals surface area contributed by atoms with E-state index in [1.54, 1.807) is 0 Å². The first-order valence-corrected chi connectivity index (χ1v) is 4.30. The van der Waals surface area contributed by atoms with Gasteiger partial charge in [0.25, 0.3) is 11.6 Å². The molecule has 0 bridgehead atoms. The number of nitro benzene ring substituents is 1. The second-order valence-electron chi connectivity index (χ2n) is 2.39. The van der Waals surface area contributed by atoms with Crippen molar-refractivity contribution in [3.8, 4) is 0 Å². The third-order valence-electron chi connectivity index (χ3n) is 1.54. The van der Waals surface area contributed by atoms with E-state index in [2.05, 4.69) is 15.9 Å². The van der Waals surface area contributed by atoms with Gasteiger partial charge in [0.1, 0.15) is 0 Å². The number of nitrogens with two attached hydrogens (primary N) is 1. The number of carbonyl (C=O) groups is 1. The Morgan fingerprint density at radius 3 is 2.71 bits per heavy atom. The number of amides is 1. The monoisotopic (exact) mass is 259 g/mol. The van der Waals surface area contributed by atoms with E-state index in [1.807, 2.05) is 5.43 Å². The molecule has 1 aromatic carbocycles. The van der Waals surface area contributed by atoms with Crippen LogP contribution < -0.4 is 11.3 Å². The van der Waals surface area contributed by atoms with Crippen LogP contribution in [0, 0.1) is 10.1 Å². The molecule has 0 aliphatic rings. The molecule has 0 unspecified atom stereocenters. The summed E-state index contributed by atoms with van der Waals surface area (Å²) in [4.78, 5) is 20.9. The normalized spacial score (nSPS) is 9.57. The van der Waals surface area contributed by atoms with Crippen molar-refractivity contribution < 1.29 is 9.72 Å². The van der Waals surface area contributed by atoms with Gasteiger partial charge in [-0.1, -0.05) is 0 Å². The van der Waals surface area contributed by atoms with Gasteiger partial charge in [-0.05, 0) is 22.0 Å². The number of halogens is 1. The van der Waals surface area contributed by atoms with Gasteiger partial charge in [0.15, 0.2) is 0 Å². The lowest BCUT2D eigenvalue weighted by Crippen LogP contribution is -2.30. The minimum atomic E-state index is -0.584. The Labute approximate surface area is 87.3 Å². The summed E-state index contributed by atoms with van der Waals surface area (Å²) in [5.41, 5.74) is 1.86. The summed E-state index contributed by atoms with van der Waals surface area (Å²) >= 11 is 3.08. The summed E-state index contributed by atoms with van der Waals surface area (Å²) < 4.78 is 0.450. The Bertz CT molecular complexity index is 394. The Morgan fingerprint density at radius 1 is 1.57 bits per heavy atom. The van der Waals surface area contributed by atoms with Gasteiger partial charge in [-0.3, -0.25) is 20.3 Å². The van der Waals surface area contributed by atoms with Crippen LogP contribution in [-0.4, -0.2) is 10.8 Å². The average molecular weight is 260 g/mol. The molecule has 0 aliphatic heterocycles. The Morgan fingerprint density at radius 2 is 2.21 bits per heavy atom. The average Bonchev–Trinajstić information content (AvgIpc) is 2.17. The number of nitrogens with zero attached hydrogens (tertiary/aromatic N) is 1. The summed E-state index contributed by atoms with van der Waals surface area (Å²) in [7, 11) is 0. The third kappa shape index (κ3) is 2.06. The smallest absolute Gasteiger partial charge is 0.270 e. The van der Waals surface area contributed by atoms with E-state index in [0.29, 0.717) is 4.47 Å². The molecule has 1 aromatic rings. The Hall–Kier alpha value is -1.47. The van der Waals surface area contributed by atoms with Crippen LogP contribution in [0.1, 0.15) is 10.4 Å². The van der Waals surface area contributed by atoms with Gasteiger partial charge in [0.05, 0.1) is 10.5 Å². The minimum Gasteiger partial charge on any atom is -0.290 e. The summed E-state index contributed by atoms with van der Waals surface area (Å²) in [5.74, 6) is 4.33. The summed E-state index contributed by atoms with van der Waals surface area (Å²) in [6, 6.07) is 3.85. The number of hydrogen-bond donors (Lipinski definition) is 2. The van der Waals surface area contributed by atoms with E-state index >= 15 is 0 Å². The fourth-order valence-electron chi connectivity index (χ4n) is 0.879. The molecule has 14 heavy (non-hydrogen) atoms. The highest BCUT2D eigenvalue weighted by molar-refractivity contribution is 9.10. The van der Waals surface area contributed by atoms with Gasteiger partial charge in [0, 0.05) is 16.6 Å². The molecule has 3 N–H and O–H groups in total. The molecule has 1 rings (SSSR count). The molecule has 0 spiro atoms. The number of rotatable bonds is 2. The van der Waals surface area contributed by atoms with Crippen LogP contribution in [0.4, 0.5) is 5.69 Å². The van der Waals surface area contributed by atoms with Gasteiger partial charge >= 0.3 is 0 Å². The predicted molar refractivity (Wildman–Crippen MR) is 52.5 cm³/mol. The summed E-state index contributed by atoms with van der Waals surface area (Å²) in [6.45, 7) is 0. The first-order valence-electron chi connectivity index (χ1n) is 3.51. The highest BCUT2D eigenvalue weighted by Gasteiger charge is 2.14. The maximum atomic E-state index is 11.1. The second-order valence-corrected chi connectivity index (χ2v) is 3.25. The molecule has 0 saturated carbocycles. The van der Waals surface area contributed by atoms with Gasteiger partial charge in [-0.15, -0.1) is 0 Å². The van der Waals surface area contributed by atoms with Crippen molar-refractivity contribution in [2.24, 2.45) is 5.84 Å². The van der Waals surface area contributed by atoms with Crippen LogP contribution >= 0.6 is 15.9 Å². The van der Waals surface area contributed by atoms with E-state index in [0.717, 1.165) is 6.07 Å². The largest absolute Gasteiger partial charge is 0.290 e. The van der Waals surface area contributed by atoms with E-state index in [9.17, 15) is 14.9 Å². The van der Waals surface area contributed by atoms with Crippen molar-refractivity contribution in [3.05, 3.63) is 38.3 Å². The molecule has 6 nitrogen and oxygen atoms in total. The highest BCUT2D eigenvalue weighted by atomic mass is 79.9. The lowest BCUT2D eigenvalue weighted by atomic mass is 10.2. The molecule has 0 radical (unpaired) electrons. The molecule has 0 aromatic heterocycles. The van der Waals surface area contributed by atoms with Crippen molar-refractivity contribution in [2.75, 3.05) is 0 Å². The number of nitrogen functional groups attached to an aromatic ring is 1. The lowest BCUT2D eigenvalue weighted by molar-refractivity contribution is -0.384. The topological polar surface area (TPSA) is 98.3 Å². The molecule has 0 heterocycles. The Kier molecular flexibility index (Phi) is 3.15. The standard InChI is InChI=1S/C7H6BrN3O3/c8-6-2-1-4(11(13)14)3-5(6)7(12)10-9/h1-3H,9H2,(H,10,12). The van der Waals surface area contributed by atoms with Crippen molar-refractivity contribution in [3.63, 3.8) is 0 Å². The number of nitro groups is 1. The predicted octanol–water partition coefficient (Wildman–Crippen LogP) is 0.961. The number of nitrogens with one attached hydrogen (secondary N) is 1. The number of benzene rings is 1. The number of hydrogen-bond acceptors (Lipinski definition) is 4. The van der Waals surface area contributed by atoms with Crippen LogP contribution in [-0.2, 0) is 0 Å². The molecular formula is C7H6BrN3O3. The van der Waals surface area contributed by atoms with Gasteiger partial charge in [-0.2, -0.15) is 0 Å². The molecule has 7 heteroatoms. The summed E-state index contributed by atoms with van der Waals surface area (Å²) in [6.07, 6.45) is 0. The molecule has 1 amide bonds. The first kappa shape index (κ1) is 10.6. The number of hydrazine groups is 1. The maximum absolute atomic E-state index is 11.1. The SMILES string of the molecule is NNC(=O)c1cc([N+](=O)[O-])ccc1Br. The van der Waals surface area contributed by atoms with E-state index in [1.165, 1.54) is 12.1 Å². The van der Waals surface area contributed by atoms with Crippen LogP contribution in [0.25, 0.3) is 0 Å². The molecule has 74 valence electrons.